The number of methoxy groups -OCH3 is 1. The number of nitrogens with zero attached hydrogens (tertiary/aromatic N) is 1. The zero-order valence-electron chi connectivity index (χ0n) is 21.5. The summed E-state index contributed by atoms with van der Waals surface area (Å²) in [5.41, 5.74) is 2.23. The minimum atomic E-state index is -0.700. The first-order chi connectivity index (χ1) is 16.6. The van der Waals surface area contributed by atoms with Crippen molar-refractivity contribution >= 4 is 17.7 Å². The van der Waals surface area contributed by atoms with Crippen molar-refractivity contribution in [1.82, 2.24) is 4.98 Å². The van der Waals surface area contributed by atoms with Gasteiger partial charge in [0.15, 0.2) is 23.0 Å². The molecule has 0 amide bonds. The van der Waals surface area contributed by atoms with E-state index in [9.17, 15) is 14.4 Å². The van der Waals surface area contributed by atoms with Crippen LogP contribution in [-0.2, 0) is 19.1 Å². The van der Waals surface area contributed by atoms with Crippen LogP contribution in [0.5, 0.6) is 11.5 Å². The monoisotopic (exact) mass is 485 g/mol. The summed E-state index contributed by atoms with van der Waals surface area (Å²) in [7, 11) is 1.42. The SMILES string of the molecule is COc1ccnc(C(=O)C[C@@H](C)C(=O)O[C@@H](C)[C@@H](C)c2ccccc2C)c1OCOC(=O)C(C)C. The fourth-order valence-electron chi connectivity index (χ4n) is 3.45. The van der Waals surface area contributed by atoms with Gasteiger partial charge in [0, 0.05) is 24.6 Å². The Labute approximate surface area is 206 Å². The maximum atomic E-state index is 13.0. The number of rotatable bonds is 12. The quantitative estimate of drug-likeness (QED) is 0.238. The third kappa shape index (κ3) is 7.53. The number of ether oxygens (including phenoxy) is 4. The summed E-state index contributed by atoms with van der Waals surface area (Å²) in [6, 6.07) is 9.49. The van der Waals surface area contributed by atoms with E-state index in [1.54, 1.807) is 20.8 Å². The van der Waals surface area contributed by atoms with Gasteiger partial charge in [0.2, 0.25) is 6.79 Å². The number of hydrogen-bond acceptors (Lipinski definition) is 8. The van der Waals surface area contributed by atoms with E-state index in [2.05, 4.69) is 4.98 Å². The summed E-state index contributed by atoms with van der Waals surface area (Å²) in [5.74, 6) is -2.03. The van der Waals surface area contributed by atoms with Gasteiger partial charge in [0.1, 0.15) is 6.10 Å². The maximum absolute atomic E-state index is 13.0. The first-order valence-electron chi connectivity index (χ1n) is 11.7. The molecular formula is C27H35NO7. The highest BCUT2D eigenvalue weighted by Gasteiger charge is 2.27. The van der Waals surface area contributed by atoms with Gasteiger partial charge in [-0.1, -0.05) is 52.0 Å². The molecule has 0 aliphatic rings. The zero-order chi connectivity index (χ0) is 26.1. The molecule has 0 saturated carbocycles. The summed E-state index contributed by atoms with van der Waals surface area (Å²) in [6.07, 6.45) is 0.909. The Morgan fingerprint density at radius 2 is 1.66 bits per heavy atom. The molecule has 8 nitrogen and oxygen atoms in total. The summed E-state index contributed by atoms with van der Waals surface area (Å²) >= 11 is 0. The van der Waals surface area contributed by atoms with Crippen molar-refractivity contribution in [3.05, 3.63) is 53.3 Å². The van der Waals surface area contributed by atoms with Crippen LogP contribution in [-0.4, -0.2) is 42.7 Å². The van der Waals surface area contributed by atoms with E-state index in [0.717, 1.165) is 11.1 Å². The smallest absolute Gasteiger partial charge is 0.311 e. The highest BCUT2D eigenvalue weighted by atomic mass is 16.7. The maximum Gasteiger partial charge on any atom is 0.311 e. The van der Waals surface area contributed by atoms with Crippen molar-refractivity contribution in [2.45, 2.75) is 60.0 Å². The van der Waals surface area contributed by atoms with E-state index in [4.69, 9.17) is 18.9 Å². The number of aromatic nitrogens is 1. The molecule has 8 heteroatoms. The highest BCUT2D eigenvalue weighted by Crippen LogP contribution is 2.31. The van der Waals surface area contributed by atoms with E-state index in [-0.39, 0.29) is 41.6 Å². The number of pyridine rings is 1. The fraction of sp³-hybridized carbons (Fsp3) is 0.481. The van der Waals surface area contributed by atoms with Crippen molar-refractivity contribution in [3.63, 3.8) is 0 Å². The lowest BCUT2D eigenvalue weighted by Gasteiger charge is -2.24. The molecule has 1 aromatic carbocycles. The van der Waals surface area contributed by atoms with Gasteiger partial charge in [-0.3, -0.25) is 14.4 Å². The van der Waals surface area contributed by atoms with Gasteiger partial charge in [-0.05, 0) is 25.0 Å². The minimum absolute atomic E-state index is 0.00310. The normalized spacial score (nSPS) is 13.5. The van der Waals surface area contributed by atoms with Crippen LogP contribution in [0.2, 0.25) is 0 Å². The molecule has 35 heavy (non-hydrogen) atoms. The lowest BCUT2D eigenvalue weighted by Crippen LogP contribution is -2.26. The average molecular weight is 486 g/mol. The van der Waals surface area contributed by atoms with Crippen LogP contribution in [0.15, 0.2) is 36.5 Å². The van der Waals surface area contributed by atoms with Crippen LogP contribution in [0.25, 0.3) is 0 Å². The minimum Gasteiger partial charge on any atom is -0.493 e. The Balaban J connectivity index is 2.06. The summed E-state index contributed by atoms with van der Waals surface area (Å²) in [4.78, 5) is 41.6. The molecule has 0 aliphatic carbocycles. The Morgan fingerprint density at radius 1 is 0.971 bits per heavy atom. The molecule has 2 rings (SSSR count). The molecule has 0 unspecified atom stereocenters. The van der Waals surface area contributed by atoms with Crippen LogP contribution < -0.4 is 9.47 Å². The Hall–Kier alpha value is -3.42. The second-order valence-electron chi connectivity index (χ2n) is 8.89. The number of carbonyl (C=O) groups excluding carboxylic acids is 3. The van der Waals surface area contributed by atoms with Gasteiger partial charge in [-0.2, -0.15) is 0 Å². The zero-order valence-corrected chi connectivity index (χ0v) is 21.5. The number of benzene rings is 1. The lowest BCUT2D eigenvalue weighted by molar-refractivity contribution is -0.154. The van der Waals surface area contributed by atoms with Crippen molar-refractivity contribution in [2.24, 2.45) is 11.8 Å². The molecule has 0 saturated heterocycles. The third-order valence-electron chi connectivity index (χ3n) is 5.81. The van der Waals surface area contributed by atoms with Crippen molar-refractivity contribution in [2.75, 3.05) is 13.9 Å². The van der Waals surface area contributed by atoms with Gasteiger partial charge in [-0.25, -0.2) is 4.98 Å². The standard InChI is InChI=1S/C27H35NO7/c1-16(2)26(30)34-15-33-25-23(32-7)12-13-28-24(25)22(29)14-18(4)27(31)35-20(6)19(5)21-11-9-8-10-17(21)3/h8-13,16,18-20H,14-15H2,1-7H3/t18-,19-,20+/m1/s1. The van der Waals surface area contributed by atoms with E-state index in [1.165, 1.54) is 19.4 Å². The molecule has 190 valence electrons. The molecule has 0 fully saturated rings. The van der Waals surface area contributed by atoms with Crippen LogP contribution >= 0.6 is 0 Å². The highest BCUT2D eigenvalue weighted by molar-refractivity contribution is 5.99. The third-order valence-corrected chi connectivity index (χ3v) is 5.81. The molecule has 0 N–H and O–H groups in total. The molecule has 0 bridgehead atoms. The van der Waals surface area contributed by atoms with Gasteiger partial charge in [-0.15, -0.1) is 0 Å². The van der Waals surface area contributed by atoms with E-state index in [0.29, 0.717) is 0 Å². The first kappa shape index (κ1) is 27.8. The van der Waals surface area contributed by atoms with E-state index in [1.807, 2.05) is 45.0 Å². The number of hydrogen-bond donors (Lipinski definition) is 0. The number of Topliss-reactive ketones (excluding diaryl/α,β-unsaturated/α-hetero) is 1. The molecule has 0 aliphatic heterocycles. The van der Waals surface area contributed by atoms with Crippen molar-refractivity contribution in [1.29, 1.82) is 0 Å². The van der Waals surface area contributed by atoms with Crippen molar-refractivity contribution < 1.29 is 33.3 Å². The second kappa shape index (κ2) is 12.9. The number of ketones is 1. The Morgan fingerprint density at radius 3 is 2.29 bits per heavy atom. The van der Waals surface area contributed by atoms with Gasteiger partial charge in [0.25, 0.3) is 0 Å². The molecule has 1 heterocycles. The summed E-state index contributed by atoms with van der Waals surface area (Å²) in [6.45, 7) is 10.5. The predicted molar refractivity (Wildman–Crippen MR) is 130 cm³/mol. The lowest BCUT2D eigenvalue weighted by atomic mass is 9.92. The second-order valence-corrected chi connectivity index (χ2v) is 8.89. The molecule has 2 aromatic rings. The van der Waals surface area contributed by atoms with Gasteiger partial charge in [0.05, 0.1) is 18.9 Å². The van der Waals surface area contributed by atoms with Crippen LogP contribution in [0.1, 0.15) is 68.6 Å². The van der Waals surface area contributed by atoms with Crippen LogP contribution in [0.3, 0.4) is 0 Å². The van der Waals surface area contributed by atoms with E-state index >= 15 is 0 Å². The fourth-order valence-corrected chi connectivity index (χ4v) is 3.45. The topological polar surface area (TPSA) is 101 Å². The Kier molecular flexibility index (Phi) is 10.2. The first-order valence-corrected chi connectivity index (χ1v) is 11.7. The van der Waals surface area contributed by atoms with Gasteiger partial charge >= 0.3 is 11.9 Å². The molecule has 3 atom stereocenters. The van der Waals surface area contributed by atoms with Crippen molar-refractivity contribution in [3.8, 4) is 11.5 Å². The molecular weight excluding hydrogens is 450 g/mol. The van der Waals surface area contributed by atoms with Crippen LogP contribution in [0.4, 0.5) is 0 Å². The summed E-state index contributed by atoms with van der Waals surface area (Å²) in [5, 5.41) is 0. The predicted octanol–water partition coefficient (Wildman–Crippen LogP) is 4.88. The number of aryl methyl sites for hydroxylation is 1. The number of carbonyl (C=O) groups is 3. The van der Waals surface area contributed by atoms with Crippen LogP contribution in [0, 0.1) is 18.8 Å². The summed E-state index contributed by atoms with van der Waals surface area (Å²) < 4.78 is 21.5. The van der Waals surface area contributed by atoms with E-state index < -0.39 is 30.4 Å². The number of esters is 2. The molecule has 1 aromatic heterocycles. The Bertz CT molecular complexity index is 1030. The average Bonchev–Trinajstić information content (AvgIpc) is 2.83. The largest absolute Gasteiger partial charge is 0.493 e. The molecule has 0 spiro atoms. The molecule has 0 radical (unpaired) electrons. The van der Waals surface area contributed by atoms with Gasteiger partial charge < -0.3 is 18.9 Å².